The molecule has 1 aromatic carbocycles. The van der Waals surface area contributed by atoms with Gasteiger partial charge in [0.25, 0.3) is 0 Å². The number of nitrogens with zero attached hydrogens (tertiary/aromatic N) is 1. The molecule has 1 rings (SSSR count). The molecule has 21 heavy (non-hydrogen) atoms. The maximum atomic E-state index is 12.0. The van der Waals surface area contributed by atoms with Crippen LogP contribution in [0.1, 0.15) is 26.3 Å². The van der Waals surface area contributed by atoms with Crippen LogP contribution < -0.4 is 10.1 Å². The molecule has 0 aliphatic heterocycles. The fourth-order valence-corrected chi connectivity index (χ4v) is 1.61. The summed E-state index contributed by atoms with van der Waals surface area (Å²) in [5, 5.41) is 3.12. The summed E-state index contributed by atoms with van der Waals surface area (Å²) >= 11 is 0. The predicted octanol–water partition coefficient (Wildman–Crippen LogP) is 2.63. The third-order valence-corrected chi connectivity index (χ3v) is 2.76. The van der Waals surface area contributed by atoms with Gasteiger partial charge in [0.15, 0.2) is 0 Å². The highest BCUT2D eigenvalue weighted by molar-refractivity contribution is 5.78. The van der Waals surface area contributed by atoms with E-state index in [0.29, 0.717) is 6.54 Å². The van der Waals surface area contributed by atoms with Gasteiger partial charge in [-0.05, 0) is 38.5 Å². The summed E-state index contributed by atoms with van der Waals surface area (Å²) in [7, 11) is 1.70. The fraction of sp³-hybridized carbons (Fsp3) is 0.533. The van der Waals surface area contributed by atoms with Gasteiger partial charge in [0.1, 0.15) is 5.75 Å². The molecule has 0 radical (unpaired) electrons. The quantitative estimate of drug-likeness (QED) is 0.878. The van der Waals surface area contributed by atoms with Crippen molar-refractivity contribution < 1.29 is 18.3 Å². The Morgan fingerprint density at radius 1 is 1.29 bits per heavy atom. The highest BCUT2D eigenvalue weighted by atomic mass is 19.3. The number of nitrogens with one attached hydrogen (secondary N) is 1. The van der Waals surface area contributed by atoms with Crippen LogP contribution in [-0.2, 0) is 11.3 Å². The zero-order valence-electron chi connectivity index (χ0n) is 12.8. The smallest absolute Gasteiger partial charge is 0.387 e. The largest absolute Gasteiger partial charge is 0.435 e. The van der Waals surface area contributed by atoms with Crippen molar-refractivity contribution in [3.63, 3.8) is 0 Å². The fourth-order valence-electron chi connectivity index (χ4n) is 1.61. The molecule has 0 aliphatic carbocycles. The molecular formula is C15H22F2N2O2. The van der Waals surface area contributed by atoms with Crippen LogP contribution in [0, 0.1) is 0 Å². The zero-order valence-corrected chi connectivity index (χ0v) is 12.8. The molecule has 0 fully saturated rings. The maximum Gasteiger partial charge on any atom is 0.387 e. The average Bonchev–Trinajstić information content (AvgIpc) is 2.36. The van der Waals surface area contributed by atoms with Crippen molar-refractivity contribution in [2.24, 2.45) is 0 Å². The first-order chi connectivity index (χ1) is 9.67. The summed E-state index contributed by atoms with van der Waals surface area (Å²) < 4.78 is 28.3. The summed E-state index contributed by atoms with van der Waals surface area (Å²) in [6.45, 7) is 3.81. The van der Waals surface area contributed by atoms with E-state index in [4.69, 9.17) is 0 Å². The van der Waals surface area contributed by atoms with Gasteiger partial charge < -0.3 is 15.0 Å². The average molecular weight is 300 g/mol. The van der Waals surface area contributed by atoms with Gasteiger partial charge in [-0.2, -0.15) is 8.78 Å². The summed E-state index contributed by atoms with van der Waals surface area (Å²) in [6, 6.07) is 6.26. The molecule has 0 bridgehead atoms. The summed E-state index contributed by atoms with van der Waals surface area (Å²) in [5.74, 6) is 0.0787. The third kappa shape index (κ3) is 7.04. The standard InChI is InChI=1S/C15H22F2N2O2/c1-15(2,3)18-9-13(20)19(4)10-11-5-7-12(8-6-11)21-14(16)17/h5-8,14,18H,9-10H2,1-4H3. The molecule has 0 aliphatic rings. The van der Waals surface area contributed by atoms with Gasteiger partial charge >= 0.3 is 6.61 Å². The van der Waals surface area contributed by atoms with Gasteiger partial charge in [0.2, 0.25) is 5.91 Å². The second kappa shape index (κ2) is 7.36. The van der Waals surface area contributed by atoms with E-state index in [1.165, 1.54) is 12.1 Å². The Kier molecular flexibility index (Phi) is 6.08. The normalized spacial score (nSPS) is 11.6. The molecule has 1 aromatic rings. The number of amides is 1. The van der Waals surface area contributed by atoms with Gasteiger partial charge in [0.05, 0.1) is 6.54 Å². The monoisotopic (exact) mass is 300 g/mol. The van der Waals surface area contributed by atoms with E-state index < -0.39 is 6.61 Å². The second-order valence-electron chi connectivity index (χ2n) is 5.88. The minimum atomic E-state index is -2.83. The van der Waals surface area contributed by atoms with E-state index in [1.54, 1.807) is 24.1 Å². The Hall–Kier alpha value is -1.69. The number of ether oxygens (including phenoxy) is 1. The minimum absolute atomic E-state index is 0.0298. The van der Waals surface area contributed by atoms with Crippen molar-refractivity contribution in [1.29, 1.82) is 0 Å². The lowest BCUT2D eigenvalue weighted by Gasteiger charge is -2.23. The molecular weight excluding hydrogens is 278 g/mol. The van der Waals surface area contributed by atoms with E-state index in [1.807, 2.05) is 20.8 Å². The van der Waals surface area contributed by atoms with Gasteiger partial charge in [-0.3, -0.25) is 4.79 Å². The van der Waals surface area contributed by atoms with Gasteiger partial charge in [0, 0.05) is 19.1 Å². The first kappa shape index (κ1) is 17.4. The molecule has 0 spiro atoms. The molecule has 0 saturated heterocycles. The SMILES string of the molecule is CN(Cc1ccc(OC(F)F)cc1)C(=O)CNC(C)(C)C. The highest BCUT2D eigenvalue weighted by Gasteiger charge is 2.14. The van der Waals surface area contributed by atoms with Crippen molar-refractivity contribution in [3.05, 3.63) is 29.8 Å². The number of hydrogen-bond donors (Lipinski definition) is 1. The first-order valence-electron chi connectivity index (χ1n) is 6.70. The van der Waals surface area contributed by atoms with Gasteiger partial charge in [-0.1, -0.05) is 12.1 Å². The van der Waals surface area contributed by atoms with Crippen LogP contribution in [0.15, 0.2) is 24.3 Å². The van der Waals surface area contributed by atoms with Gasteiger partial charge in [-0.25, -0.2) is 0 Å². The number of carbonyl (C=O) groups excluding carboxylic acids is 1. The molecule has 0 atom stereocenters. The number of benzene rings is 1. The molecule has 118 valence electrons. The number of carbonyl (C=O) groups is 1. The minimum Gasteiger partial charge on any atom is -0.435 e. The first-order valence-corrected chi connectivity index (χ1v) is 6.70. The van der Waals surface area contributed by atoms with Crippen LogP contribution in [0.4, 0.5) is 8.78 Å². The predicted molar refractivity (Wildman–Crippen MR) is 77.3 cm³/mol. The number of rotatable bonds is 6. The van der Waals surface area contributed by atoms with Crippen molar-refractivity contribution >= 4 is 5.91 Å². The van der Waals surface area contributed by atoms with Crippen molar-refractivity contribution in [3.8, 4) is 5.75 Å². The van der Waals surface area contributed by atoms with Crippen LogP contribution in [0.2, 0.25) is 0 Å². The Morgan fingerprint density at radius 2 is 1.86 bits per heavy atom. The second-order valence-corrected chi connectivity index (χ2v) is 5.88. The van der Waals surface area contributed by atoms with Crippen LogP contribution in [-0.4, -0.2) is 36.5 Å². The van der Waals surface area contributed by atoms with Crippen molar-refractivity contribution in [2.45, 2.75) is 39.5 Å². The topological polar surface area (TPSA) is 41.6 Å². The maximum absolute atomic E-state index is 12.0. The Balaban J connectivity index is 2.50. The molecule has 0 unspecified atom stereocenters. The molecule has 1 N–H and O–H groups in total. The molecule has 4 nitrogen and oxygen atoms in total. The molecule has 0 saturated carbocycles. The van der Waals surface area contributed by atoms with Crippen LogP contribution in [0.3, 0.4) is 0 Å². The van der Waals surface area contributed by atoms with E-state index in [9.17, 15) is 13.6 Å². The Bertz CT molecular complexity index is 456. The Morgan fingerprint density at radius 3 is 2.33 bits per heavy atom. The summed E-state index contributed by atoms with van der Waals surface area (Å²) in [4.78, 5) is 13.5. The molecule has 0 aromatic heterocycles. The molecule has 1 amide bonds. The van der Waals surface area contributed by atoms with E-state index >= 15 is 0 Å². The number of hydrogen-bond acceptors (Lipinski definition) is 3. The van der Waals surface area contributed by atoms with E-state index in [0.717, 1.165) is 5.56 Å². The number of halogens is 2. The van der Waals surface area contributed by atoms with E-state index in [-0.39, 0.29) is 23.7 Å². The van der Waals surface area contributed by atoms with Crippen molar-refractivity contribution in [1.82, 2.24) is 10.2 Å². The van der Waals surface area contributed by atoms with Crippen LogP contribution in [0.25, 0.3) is 0 Å². The Labute approximate surface area is 124 Å². The van der Waals surface area contributed by atoms with E-state index in [2.05, 4.69) is 10.1 Å². The number of alkyl halides is 2. The van der Waals surface area contributed by atoms with Crippen LogP contribution in [0.5, 0.6) is 5.75 Å². The lowest BCUT2D eigenvalue weighted by Crippen LogP contribution is -2.43. The highest BCUT2D eigenvalue weighted by Crippen LogP contribution is 2.15. The lowest BCUT2D eigenvalue weighted by molar-refractivity contribution is -0.129. The van der Waals surface area contributed by atoms with Gasteiger partial charge in [-0.15, -0.1) is 0 Å². The zero-order chi connectivity index (χ0) is 16.0. The molecule has 6 heteroatoms. The third-order valence-electron chi connectivity index (χ3n) is 2.76. The summed E-state index contributed by atoms with van der Waals surface area (Å²) in [5.41, 5.74) is 0.730. The number of likely N-dealkylation sites (N-methyl/N-ethyl adjacent to an activating group) is 1. The summed E-state index contributed by atoms with van der Waals surface area (Å²) in [6.07, 6.45) is 0. The lowest BCUT2D eigenvalue weighted by atomic mass is 10.1. The van der Waals surface area contributed by atoms with Crippen molar-refractivity contribution in [2.75, 3.05) is 13.6 Å². The molecule has 0 heterocycles. The van der Waals surface area contributed by atoms with Crippen LogP contribution >= 0.6 is 0 Å².